The van der Waals surface area contributed by atoms with E-state index in [2.05, 4.69) is 0 Å². The topological polar surface area (TPSA) is 40.6 Å². The van der Waals surface area contributed by atoms with E-state index in [1.165, 1.54) is 12.1 Å². The van der Waals surface area contributed by atoms with Crippen molar-refractivity contribution in [2.75, 3.05) is 23.5 Å². The Morgan fingerprint density at radius 3 is 1.83 bits per heavy atom. The monoisotopic (exact) mass is 366 g/mol. The molecular formula is C14H11F5N2O2S. The lowest BCUT2D eigenvalue weighted by atomic mass is 10.3. The van der Waals surface area contributed by atoms with E-state index in [4.69, 9.17) is 0 Å². The molecule has 0 spiro atoms. The third-order valence-electron chi connectivity index (χ3n) is 3.13. The maximum atomic E-state index is 14.2. The largest absolute Gasteiger partial charge is 0.378 e. The van der Waals surface area contributed by atoms with Crippen molar-refractivity contribution in [2.24, 2.45) is 0 Å². The van der Waals surface area contributed by atoms with Crippen molar-refractivity contribution in [3.63, 3.8) is 0 Å². The Morgan fingerprint density at radius 2 is 1.33 bits per heavy atom. The van der Waals surface area contributed by atoms with Gasteiger partial charge in [0, 0.05) is 25.8 Å². The second kappa shape index (κ2) is 6.27. The lowest BCUT2D eigenvalue weighted by Gasteiger charge is -2.17. The molecule has 2 aromatic rings. The summed E-state index contributed by atoms with van der Waals surface area (Å²) in [5.41, 5.74) is 0.0970. The van der Waals surface area contributed by atoms with Gasteiger partial charge < -0.3 is 4.90 Å². The molecule has 0 heterocycles. The number of anilines is 2. The fraction of sp³-hybridized carbons (Fsp3) is 0.143. The molecule has 0 bridgehead atoms. The zero-order valence-corrected chi connectivity index (χ0v) is 13.2. The molecule has 0 aliphatic heterocycles. The first-order valence-electron chi connectivity index (χ1n) is 6.39. The molecule has 4 nitrogen and oxygen atoms in total. The van der Waals surface area contributed by atoms with Gasteiger partial charge in [-0.2, -0.15) is 8.42 Å². The van der Waals surface area contributed by atoms with E-state index in [1.807, 2.05) is 0 Å². The zero-order valence-electron chi connectivity index (χ0n) is 12.4. The number of hydrogen-bond donors (Lipinski definition) is 0. The lowest BCUT2D eigenvalue weighted by molar-refractivity contribution is 0.394. The maximum Gasteiger partial charge on any atom is 0.293 e. The maximum absolute atomic E-state index is 14.2. The van der Waals surface area contributed by atoms with E-state index in [0.29, 0.717) is 5.69 Å². The van der Waals surface area contributed by atoms with Gasteiger partial charge in [0.15, 0.2) is 23.3 Å². The van der Waals surface area contributed by atoms with Gasteiger partial charge in [0.2, 0.25) is 0 Å². The molecule has 2 aromatic carbocycles. The molecule has 0 saturated heterocycles. The molecule has 0 atom stereocenters. The van der Waals surface area contributed by atoms with Crippen molar-refractivity contribution >= 4 is 21.4 Å². The van der Waals surface area contributed by atoms with Crippen LogP contribution in [0.15, 0.2) is 35.2 Å². The van der Waals surface area contributed by atoms with Crippen LogP contribution in [0.25, 0.3) is 0 Å². The molecule has 0 aliphatic carbocycles. The number of halogens is 5. The van der Waals surface area contributed by atoms with Crippen molar-refractivity contribution in [1.29, 1.82) is 0 Å². The van der Waals surface area contributed by atoms with Crippen LogP contribution in [0, 0.1) is 23.3 Å². The second-order valence-electron chi connectivity index (χ2n) is 4.93. The van der Waals surface area contributed by atoms with Crippen LogP contribution in [-0.4, -0.2) is 22.5 Å². The Labute approximate surface area is 134 Å². The highest BCUT2D eigenvalue weighted by molar-refractivity contribution is 7.92. The number of hydrogen-bond acceptors (Lipinski definition) is 3. The molecule has 0 saturated carbocycles. The fourth-order valence-electron chi connectivity index (χ4n) is 1.83. The highest BCUT2D eigenvalue weighted by atomic mass is 32.2. The Balaban J connectivity index is 2.51. The van der Waals surface area contributed by atoms with E-state index >= 15 is 0 Å². The van der Waals surface area contributed by atoms with Gasteiger partial charge in [-0.05, 0) is 24.3 Å². The molecule has 24 heavy (non-hydrogen) atoms. The van der Waals surface area contributed by atoms with E-state index in [0.717, 1.165) is 12.1 Å². The summed E-state index contributed by atoms with van der Waals surface area (Å²) in [7, 11) is -1.90. The summed E-state index contributed by atoms with van der Waals surface area (Å²) < 4.78 is 90.3. The third kappa shape index (κ3) is 3.01. The average Bonchev–Trinajstić information content (AvgIpc) is 2.55. The summed E-state index contributed by atoms with van der Waals surface area (Å²) in [5.74, 6) is -8.69. The molecule has 0 amide bonds. The second-order valence-corrected chi connectivity index (χ2v) is 6.64. The highest BCUT2D eigenvalue weighted by Gasteiger charge is 2.33. The van der Waals surface area contributed by atoms with Crippen LogP contribution in [0.5, 0.6) is 0 Å². The molecule has 0 aromatic heterocycles. The van der Waals surface area contributed by atoms with Crippen LogP contribution in [0.3, 0.4) is 0 Å². The fourth-order valence-corrected chi connectivity index (χ4v) is 2.97. The Kier molecular flexibility index (Phi) is 4.70. The van der Waals surface area contributed by atoms with Gasteiger partial charge in [0.25, 0.3) is 10.0 Å². The Morgan fingerprint density at radius 1 is 0.833 bits per heavy atom. The predicted molar refractivity (Wildman–Crippen MR) is 77.8 cm³/mol. The smallest absolute Gasteiger partial charge is 0.293 e. The van der Waals surface area contributed by atoms with Crippen LogP contribution in [0.4, 0.5) is 33.4 Å². The van der Waals surface area contributed by atoms with Crippen molar-refractivity contribution in [1.82, 2.24) is 0 Å². The van der Waals surface area contributed by atoms with E-state index in [1.54, 1.807) is 19.0 Å². The van der Waals surface area contributed by atoms with Gasteiger partial charge >= 0.3 is 0 Å². The molecule has 0 unspecified atom stereocenters. The normalized spacial score (nSPS) is 11.5. The van der Waals surface area contributed by atoms with E-state index in [9.17, 15) is 30.5 Å². The first-order valence-corrected chi connectivity index (χ1v) is 7.83. The highest BCUT2D eigenvalue weighted by Crippen LogP contribution is 2.29. The first-order chi connectivity index (χ1) is 11.1. The minimum atomic E-state index is -5.29. The number of rotatable bonds is 4. The molecule has 130 valence electrons. The molecule has 0 radical (unpaired) electrons. The van der Waals surface area contributed by atoms with Gasteiger partial charge in [-0.25, -0.2) is 17.6 Å². The summed E-state index contributed by atoms with van der Waals surface area (Å²) in [5, 5.41) is 0. The first kappa shape index (κ1) is 18.0. The summed E-state index contributed by atoms with van der Waals surface area (Å²) in [6, 6.07) is 4.77. The Bertz CT molecular complexity index is 870. The summed E-state index contributed by atoms with van der Waals surface area (Å²) in [6.07, 6.45) is 0. The van der Waals surface area contributed by atoms with Crippen LogP contribution >= 0.6 is 0 Å². The minimum absolute atomic E-state index is 0.121. The van der Waals surface area contributed by atoms with E-state index < -0.39 is 48.4 Å². The minimum Gasteiger partial charge on any atom is -0.378 e. The van der Waals surface area contributed by atoms with Gasteiger partial charge in [0.1, 0.15) is 4.90 Å². The summed E-state index contributed by atoms with van der Waals surface area (Å²) in [4.78, 5) is 0.00343. The van der Waals surface area contributed by atoms with Gasteiger partial charge in [-0.1, -0.05) is 9.01 Å². The molecule has 0 fully saturated rings. The molecule has 10 heteroatoms. The molecule has 2 rings (SSSR count). The number of benzene rings is 2. The van der Waals surface area contributed by atoms with Crippen LogP contribution in [0.2, 0.25) is 0 Å². The molecule has 0 N–H and O–H groups in total. The predicted octanol–water partition coefficient (Wildman–Crippen LogP) is 3.39. The van der Waals surface area contributed by atoms with Gasteiger partial charge in [-0.3, -0.25) is 0 Å². The molecular weight excluding hydrogens is 355 g/mol. The standard InChI is InChI=1S/C14H11F5N2O2S/c1-20(2)8-3-5-9(6-4-8)21(19)24(22,23)11-7-10(15)12(16)14(18)13(11)17/h3-7H,1-2H3. The Hall–Kier alpha value is -2.36. The quantitative estimate of drug-likeness (QED) is 0.361. The van der Waals surface area contributed by atoms with Crippen LogP contribution in [0.1, 0.15) is 0 Å². The summed E-state index contributed by atoms with van der Waals surface area (Å²) >= 11 is 0. The van der Waals surface area contributed by atoms with Crippen LogP contribution in [-0.2, 0) is 10.0 Å². The van der Waals surface area contributed by atoms with Gasteiger partial charge in [-0.15, -0.1) is 0 Å². The lowest BCUT2D eigenvalue weighted by Crippen LogP contribution is -2.24. The van der Waals surface area contributed by atoms with Crippen molar-refractivity contribution in [3.05, 3.63) is 53.6 Å². The van der Waals surface area contributed by atoms with Crippen molar-refractivity contribution < 1.29 is 30.5 Å². The van der Waals surface area contributed by atoms with Crippen molar-refractivity contribution in [3.8, 4) is 0 Å². The third-order valence-corrected chi connectivity index (χ3v) is 4.61. The average molecular weight is 366 g/mol. The number of nitrogens with zero attached hydrogens (tertiary/aromatic N) is 2. The zero-order chi connectivity index (χ0) is 18.2. The number of sulfonamides is 1. The van der Waals surface area contributed by atoms with E-state index in [-0.39, 0.29) is 6.07 Å². The van der Waals surface area contributed by atoms with Gasteiger partial charge in [0.05, 0.1) is 5.69 Å². The van der Waals surface area contributed by atoms with Crippen LogP contribution < -0.4 is 9.43 Å². The van der Waals surface area contributed by atoms with Crippen molar-refractivity contribution in [2.45, 2.75) is 4.90 Å². The SMILES string of the molecule is CN(C)c1ccc(N(F)S(=O)(=O)c2cc(F)c(F)c(F)c2F)cc1. The summed E-state index contributed by atoms with van der Waals surface area (Å²) in [6.45, 7) is 0. The molecule has 0 aliphatic rings.